The lowest BCUT2D eigenvalue weighted by Gasteiger charge is -2.31. The molecule has 0 heterocycles. The molecule has 1 aliphatic carbocycles. The largest absolute Gasteiger partial charge is 0.324 e. The molecule has 0 spiro atoms. The van der Waals surface area contributed by atoms with E-state index in [2.05, 4.69) is 0 Å². The highest BCUT2D eigenvalue weighted by molar-refractivity contribution is 14.1. The number of hydrogen-bond donors (Lipinski definition) is 1. The molecule has 1 nitrogen and oxygen atoms in total. The standard InChI is InChI=1S/C11H13FIN/c12-9-6-8(4-5-10(9)13)11(14)7-2-1-3-7/h4-7,11H,1-3,14H2. The van der Waals surface area contributed by atoms with E-state index in [0.717, 1.165) is 5.56 Å². The molecule has 1 saturated carbocycles. The van der Waals surface area contributed by atoms with Crippen molar-refractivity contribution < 1.29 is 4.39 Å². The highest BCUT2D eigenvalue weighted by Gasteiger charge is 2.25. The summed E-state index contributed by atoms with van der Waals surface area (Å²) in [6, 6.07) is 5.33. The van der Waals surface area contributed by atoms with Crippen LogP contribution in [0.5, 0.6) is 0 Å². The molecule has 1 atom stereocenters. The molecule has 0 aromatic heterocycles. The maximum atomic E-state index is 13.3. The first-order chi connectivity index (χ1) is 6.68. The molecule has 0 saturated heterocycles. The predicted octanol–water partition coefficient (Wildman–Crippen LogP) is 3.23. The van der Waals surface area contributed by atoms with Crippen LogP contribution in [0.1, 0.15) is 30.9 Å². The fourth-order valence-electron chi connectivity index (χ4n) is 1.79. The Hall–Kier alpha value is -0.160. The van der Waals surface area contributed by atoms with Gasteiger partial charge < -0.3 is 5.73 Å². The maximum absolute atomic E-state index is 13.3. The zero-order chi connectivity index (χ0) is 10.1. The minimum Gasteiger partial charge on any atom is -0.324 e. The number of benzene rings is 1. The summed E-state index contributed by atoms with van der Waals surface area (Å²) in [6.45, 7) is 0. The molecule has 0 aliphatic heterocycles. The molecule has 2 rings (SSSR count). The van der Waals surface area contributed by atoms with Crippen LogP contribution in [0.25, 0.3) is 0 Å². The third-order valence-corrected chi connectivity index (χ3v) is 3.86. The van der Waals surface area contributed by atoms with Crippen LogP contribution in [0.15, 0.2) is 18.2 Å². The molecule has 1 fully saturated rings. The minimum atomic E-state index is -0.155. The molecule has 0 bridgehead atoms. The molecule has 2 N–H and O–H groups in total. The van der Waals surface area contributed by atoms with Gasteiger partial charge in [-0.15, -0.1) is 0 Å². The van der Waals surface area contributed by atoms with Gasteiger partial charge in [-0.2, -0.15) is 0 Å². The molecule has 1 aromatic rings. The quantitative estimate of drug-likeness (QED) is 0.834. The van der Waals surface area contributed by atoms with Gasteiger partial charge in [0.25, 0.3) is 0 Å². The van der Waals surface area contributed by atoms with Crippen LogP contribution in [0.3, 0.4) is 0 Å². The number of hydrogen-bond acceptors (Lipinski definition) is 1. The van der Waals surface area contributed by atoms with Crippen LogP contribution in [-0.2, 0) is 0 Å². The second kappa shape index (κ2) is 4.14. The fraction of sp³-hybridized carbons (Fsp3) is 0.455. The molecule has 14 heavy (non-hydrogen) atoms. The fourth-order valence-corrected chi connectivity index (χ4v) is 2.13. The monoisotopic (exact) mass is 305 g/mol. The second-order valence-electron chi connectivity index (χ2n) is 3.89. The number of halogens is 2. The summed E-state index contributed by atoms with van der Waals surface area (Å²) in [5, 5.41) is 0. The minimum absolute atomic E-state index is 0.0234. The van der Waals surface area contributed by atoms with Gasteiger partial charge in [0.15, 0.2) is 0 Å². The molecule has 76 valence electrons. The molecule has 0 amide bonds. The molecular formula is C11H13FIN. The van der Waals surface area contributed by atoms with E-state index < -0.39 is 0 Å². The molecule has 0 radical (unpaired) electrons. The number of nitrogens with two attached hydrogens (primary N) is 1. The highest BCUT2D eigenvalue weighted by atomic mass is 127. The van der Waals surface area contributed by atoms with Gasteiger partial charge in [0.05, 0.1) is 0 Å². The Bertz CT molecular complexity index is 336. The Morgan fingerprint density at radius 2 is 2.14 bits per heavy atom. The van der Waals surface area contributed by atoms with Crippen molar-refractivity contribution in [1.82, 2.24) is 0 Å². The van der Waals surface area contributed by atoms with Crippen molar-refractivity contribution in [1.29, 1.82) is 0 Å². The summed E-state index contributed by atoms with van der Waals surface area (Å²) in [6.07, 6.45) is 3.65. The van der Waals surface area contributed by atoms with E-state index in [1.165, 1.54) is 19.3 Å². The first-order valence-electron chi connectivity index (χ1n) is 4.89. The third kappa shape index (κ3) is 1.93. The summed E-state index contributed by atoms with van der Waals surface area (Å²) in [7, 11) is 0. The molecule has 3 heteroatoms. The summed E-state index contributed by atoms with van der Waals surface area (Å²) in [5.41, 5.74) is 6.99. The molecular weight excluding hydrogens is 292 g/mol. The normalized spacial score (nSPS) is 19.1. The van der Waals surface area contributed by atoms with Crippen molar-refractivity contribution in [2.45, 2.75) is 25.3 Å². The highest BCUT2D eigenvalue weighted by Crippen LogP contribution is 2.36. The van der Waals surface area contributed by atoms with Crippen LogP contribution in [0, 0.1) is 15.3 Å². The van der Waals surface area contributed by atoms with Gasteiger partial charge in [-0.25, -0.2) is 4.39 Å². The smallest absolute Gasteiger partial charge is 0.136 e. The Kier molecular flexibility index (Phi) is 3.07. The maximum Gasteiger partial charge on any atom is 0.136 e. The summed E-state index contributed by atoms with van der Waals surface area (Å²) in [5.74, 6) is 0.410. The summed E-state index contributed by atoms with van der Waals surface area (Å²) in [4.78, 5) is 0. The first kappa shape index (κ1) is 10.4. The zero-order valence-electron chi connectivity index (χ0n) is 7.84. The van der Waals surface area contributed by atoms with E-state index in [4.69, 9.17) is 5.73 Å². The second-order valence-corrected chi connectivity index (χ2v) is 5.05. The molecule has 1 aliphatic rings. The van der Waals surface area contributed by atoms with E-state index in [0.29, 0.717) is 9.49 Å². The van der Waals surface area contributed by atoms with E-state index >= 15 is 0 Å². The van der Waals surface area contributed by atoms with E-state index in [1.54, 1.807) is 12.1 Å². The lowest BCUT2D eigenvalue weighted by Crippen LogP contribution is -2.26. The Balaban J connectivity index is 2.18. The summed E-state index contributed by atoms with van der Waals surface area (Å²) < 4.78 is 13.9. The van der Waals surface area contributed by atoms with Gasteiger partial charge >= 0.3 is 0 Å². The molecule has 1 aromatic carbocycles. The average Bonchev–Trinajstić information content (AvgIpc) is 2.06. The van der Waals surface area contributed by atoms with Gasteiger partial charge in [-0.1, -0.05) is 12.5 Å². The summed E-state index contributed by atoms with van der Waals surface area (Å²) >= 11 is 1.99. The zero-order valence-corrected chi connectivity index (χ0v) is 10.00. The van der Waals surface area contributed by atoms with Crippen molar-refractivity contribution in [3.63, 3.8) is 0 Å². The Morgan fingerprint density at radius 3 is 2.64 bits per heavy atom. The lowest BCUT2D eigenvalue weighted by atomic mass is 9.77. The predicted molar refractivity (Wildman–Crippen MR) is 63.4 cm³/mol. The Morgan fingerprint density at radius 1 is 1.43 bits per heavy atom. The van der Waals surface area contributed by atoms with Gasteiger partial charge in [0.2, 0.25) is 0 Å². The lowest BCUT2D eigenvalue weighted by molar-refractivity contribution is 0.264. The van der Waals surface area contributed by atoms with Crippen LogP contribution in [0.4, 0.5) is 4.39 Å². The van der Waals surface area contributed by atoms with Crippen LogP contribution in [0.2, 0.25) is 0 Å². The Labute approximate surface area is 97.0 Å². The van der Waals surface area contributed by atoms with Crippen molar-refractivity contribution in [3.8, 4) is 0 Å². The van der Waals surface area contributed by atoms with Gasteiger partial charge in [-0.3, -0.25) is 0 Å². The van der Waals surface area contributed by atoms with Crippen molar-refractivity contribution in [2.24, 2.45) is 11.7 Å². The van der Waals surface area contributed by atoms with Crippen molar-refractivity contribution in [2.75, 3.05) is 0 Å². The molecule has 1 unspecified atom stereocenters. The van der Waals surface area contributed by atoms with Crippen molar-refractivity contribution in [3.05, 3.63) is 33.1 Å². The van der Waals surface area contributed by atoms with Crippen LogP contribution in [-0.4, -0.2) is 0 Å². The van der Waals surface area contributed by atoms with Crippen molar-refractivity contribution >= 4 is 22.6 Å². The third-order valence-electron chi connectivity index (χ3n) is 2.99. The van der Waals surface area contributed by atoms with Crippen LogP contribution >= 0.6 is 22.6 Å². The topological polar surface area (TPSA) is 26.0 Å². The van der Waals surface area contributed by atoms with Crippen LogP contribution < -0.4 is 5.73 Å². The van der Waals surface area contributed by atoms with E-state index in [1.807, 2.05) is 28.7 Å². The number of rotatable bonds is 2. The average molecular weight is 305 g/mol. The van der Waals surface area contributed by atoms with E-state index in [9.17, 15) is 4.39 Å². The van der Waals surface area contributed by atoms with Gasteiger partial charge in [0, 0.05) is 9.61 Å². The van der Waals surface area contributed by atoms with Gasteiger partial charge in [0.1, 0.15) is 5.82 Å². The SMILES string of the molecule is NC(c1ccc(I)c(F)c1)C1CCC1. The van der Waals surface area contributed by atoms with E-state index in [-0.39, 0.29) is 11.9 Å². The van der Waals surface area contributed by atoms with Gasteiger partial charge in [-0.05, 0) is 59.0 Å². The first-order valence-corrected chi connectivity index (χ1v) is 5.97.